The molecule has 0 unspecified atom stereocenters. The van der Waals surface area contributed by atoms with E-state index in [1.807, 2.05) is 66.7 Å². The largest absolute Gasteiger partial charge is 0.345 e. The maximum atomic E-state index is 13.2. The van der Waals surface area contributed by atoms with Crippen LogP contribution < -0.4 is 5.32 Å². The SMILES string of the molecule is O=C(NC(c1ccccc1)c1ccccc1)C1CCN(Cc2nc(-c3ccccc3)no2)CC1. The van der Waals surface area contributed by atoms with Crippen LogP contribution in [0.5, 0.6) is 0 Å². The van der Waals surface area contributed by atoms with Gasteiger partial charge < -0.3 is 9.84 Å². The molecule has 1 aliphatic heterocycles. The molecule has 1 amide bonds. The molecule has 0 atom stereocenters. The van der Waals surface area contributed by atoms with Gasteiger partial charge in [0.1, 0.15) is 0 Å². The number of amides is 1. The van der Waals surface area contributed by atoms with Gasteiger partial charge in [-0.3, -0.25) is 9.69 Å². The molecule has 4 aromatic rings. The third-order valence-electron chi connectivity index (χ3n) is 6.37. The first-order valence-electron chi connectivity index (χ1n) is 11.8. The van der Waals surface area contributed by atoms with Gasteiger partial charge in [-0.1, -0.05) is 96.2 Å². The van der Waals surface area contributed by atoms with E-state index in [9.17, 15) is 4.79 Å². The highest BCUT2D eigenvalue weighted by Gasteiger charge is 2.28. The Labute approximate surface area is 199 Å². The number of carbonyl (C=O) groups excluding carboxylic acids is 1. The molecule has 0 saturated carbocycles. The van der Waals surface area contributed by atoms with Crippen LogP contribution in [0.3, 0.4) is 0 Å². The predicted octanol–water partition coefficient (Wildman–Crippen LogP) is 4.85. The van der Waals surface area contributed by atoms with Crippen LogP contribution in [0.1, 0.15) is 35.9 Å². The van der Waals surface area contributed by atoms with Crippen molar-refractivity contribution >= 4 is 5.91 Å². The molecule has 1 N–H and O–H groups in total. The van der Waals surface area contributed by atoms with Crippen LogP contribution in [0, 0.1) is 5.92 Å². The van der Waals surface area contributed by atoms with Crippen molar-refractivity contribution < 1.29 is 9.32 Å². The van der Waals surface area contributed by atoms with Crippen molar-refractivity contribution in [2.75, 3.05) is 13.1 Å². The molecule has 3 aromatic carbocycles. The van der Waals surface area contributed by atoms with E-state index in [1.54, 1.807) is 0 Å². The number of aromatic nitrogens is 2. The average Bonchev–Trinajstić information content (AvgIpc) is 3.37. The second-order valence-electron chi connectivity index (χ2n) is 8.69. The number of carbonyl (C=O) groups is 1. The third kappa shape index (κ3) is 5.24. The molecule has 1 aromatic heterocycles. The monoisotopic (exact) mass is 452 g/mol. The molecule has 1 aliphatic rings. The number of hydrogen-bond acceptors (Lipinski definition) is 5. The van der Waals surface area contributed by atoms with Crippen LogP contribution >= 0.6 is 0 Å². The summed E-state index contributed by atoms with van der Waals surface area (Å²) in [5, 5.41) is 7.42. The minimum Gasteiger partial charge on any atom is -0.345 e. The van der Waals surface area contributed by atoms with Gasteiger partial charge >= 0.3 is 0 Å². The molecule has 6 nitrogen and oxygen atoms in total. The van der Waals surface area contributed by atoms with E-state index in [0.717, 1.165) is 42.6 Å². The number of hydrogen-bond donors (Lipinski definition) is 1. The Bertz CT molecular complexity index is 1150. The van der Waals surface area contributed by atoms with Crippen molar-refractivity contribution in [2.24, 2.45) is 5.92 Å². The summed E-state index contributed by atoms with van der Waals surface area (Å²) in [5.74, 6) is 1.32. The first-order valence-corrected chi connectivity index (χ1v) is 11.8. The van der Waals surface area contributed by atoms with Crippen LogP contribution in [0.2, 0.25) is 0 Å². The van der Waals surface area contributed by atoms with E-state index in [1.165, 1.54) is 0 Å². The van der Waals surface area contributed by atoms with Gasteiger partial charge in [-0.05, 0) is 37.1 Å². The maximum absolute atomic E-state index is 13.2. The maximum Gasteiger partial charge on any atom is 0.241 e. The minimum absolute atomic E-state index is 0.00580. The molecule has 6 heteroatoms. The molecule has 172 valence electrons. The van der Waals surface area contributed by atoms with Gasteiger partial charge in [-0.25, -0.2) is 0 Å². The summed E-state index contributed by atoms with van der Waals surface area (Å²) in [5.41, 5.74) is 3.12. The topological polar surface area (TPSA) is 71.3 Å². The highest BCUT2D eigenvalue weighted by molar-refractivity contribution is 5.79. The summed E-state index contributed by atoms with van der Waals surface area (Å²) < 4.78 is 5.46. The lowest BCUT2D eigenvalue weighted by molar-refractivity contribution is -0.127. The van der Waals surface area contributed by atoms with E-state index in [0.29, 0.717) is 18.3 Å². The van der Waals surface area contributed by atoms with Gasteiger partial charge in [-0.2, -0.15) is 4.98 Å². The standard InChI is InChI=1S/C28H28N4O2/c33-28(30-26(21-10-4-1-5-11-21)22-12-6-2-7-13-22)24-16-18-32(19-17-24)20-25-29-27(31-34-25)23-14-8-3-9-15-23/h1-15,24,26H,16-20H2,(H,30,33). The van der Waals surface area contributed by atoms with Crippen LogP contribution in [0.15, 0.2) is 95.5 Å². The second kappa shape index (κ2) is 10.4. The fraction of sp³-hybridized carbons (Fsp3) is 0.250. The van der Waals surface area contributed by atoms with Crippen LogP contribution in [-0.2, 0) is 11.3 Å². The van der Waals surface area contributed by atoms with Crippen molar-refractivity contribution in [3.8, 4) is 11.4 Å². The first-order chi connectivity index (χ1) is 16.8. The molecule has 0 bridgehead atoms. The van der Waals surface area contributed by atoms with Crippen LogP contribution in [0.25, 0.3) is 11.4 Å². The van der Waals surface area contributed by atoms with Gasteiger partial charge in [0.25, 0.3) is 0 Å². The van der Waals surface area contributed by atoms with Gasteiger partial charge in [-0.15, -0.1) is 0 Å². The van der Waals surface area contributed by atoms with E-state index >= 15 is 0 Å². The van der Waals surface area contributed by atoms with E-state index in [2.05, 4.69) is 44.6 Å². The minimum atomic E-state index is -0.150. The fourth-order valence-corrected chi connectivity index (χ4v) is 4.48. The quantitative estimate of drug-likeness (QED) is 0.434. The summed E-state index contributed by atoms with van der Waals surface area (Å²) in [6, 6.07) is 30.0. The van der Waals surface area contributed by atoms with Crippen molar-refractivity contribution in [3.05, 3.63) is 108 Å². The van der Waals surface area contributed by atoms with Crippen molar-refractivity contribution in [1.82, 2.24) is 20.4 Å². The summed E-state index contributed by atoms with van der Waals surface area (Å²) in [4.78, 5) is 20.0. The Hall–Kier alpha value is -3.77. The molecule has 1 fully saturated rings. The average molecular weight is 453 g/mol. The zero-order chi connectivity index (χ0) is 23.2. The lowest BCUT2D eigenvalue weighted by Crippen LogP contribution is -2.41. The molecule has 5 rings (SSSR count). The number of nitrogens with zero attached hydrogens (tertiary/aromatic N) is 3. The van der Waals surface area contributed by atoms with Crippen LogP contribution in [-0.4, -0.2) is 34.0 Å². The highest BCUT2D eigenvalue weighted by atomic mass is 16.5. The lowest BCUT2D eigenvalue weighted by Gasteiger charge is -2.31. The summed E-state index contributed by atoms with van der Waals surface area (Å²) in [6.45, 7) is 2.25. The first kappa shape index (κ1) is 22.0. The summed E-state index contributed by atoms with van der Waals surface area (Å²) in [6.07, 6.45) is 1.61. The predicted molar refractivity (Wildman–Crippen MR) is 131 cm³/mol. The van der Waals surface area contributed by atoms with E-state index < -0.39 is 0 Å². The third-order valence-corrected chi connectivity index (χ3v) is 6.37. The summed E-state index contributed by atoms with van der Waals surface area (Å²) >= 11 is 0. The van der Waals surface area contributed by atoms with Gasteiger partial charge in [0.15, 0.2) is 0 Å². The van der Waals surface area contributed by atoms with E-state index in [-0.39, 0.29) is 17.9 Å². The molecular weight excluding hydrogens is 424 g/mol. The molecule has 1 saturated heterocycles. The number of likely N-dealkylation sites (tertiary alicyclic amines) is 1. The normalized spacial score (nSPS) is 14.9. The molecule has 0 radical (unpaired) electrons. The van der Waals surface area contributed by atoms with Gasteiger partial charge in [0.05, 0.1) is 12.6 Å². The lowest BCUT2D eigenvalue weighted by atomic mass is 9.93. The van der Waals surface area contributed by atoms with E-state index in [4.69, 9.17) is 4.52 Å². The molecule has 0 aliphatic carbocycles. The number of nitrogens with one attached hydrogen (secondary N) is 1. The molecular formula is C28H28N4O2. The van der Waals surface area contributed by atoms with Crippen molar-refractivity contribution in [1.29, 1.82) is 0 Å². The number of piperidine rings is 1. The Balaban J connectivity index is 1.18. The van der Waals surface area contributed by atoms with Crippen molar-refractivity contribution in [2.45, 2.75) is 25.4 Å². The Morgan fingerprint density at radius 2 is 1.44 bits per heavy atom. The van der Waals surface area contributed by atoms with Gasteiger partial charge in [0.2, 0.25) is 17.6 Å². The van der Waals surface area contributed by atoms with Crippen LogP contribution in [0.4, 0.5) is 0 Å². The smallest absolute Gasteiger partial charge is 0.241 e. The zero-order valence-electron chi connectivity index (χ0n) is 19.0. The van der Waals surface area contributed by atoms with Gasteiger partial charge in [0, 0.05) is 11.5 Å². The molecule has 2 heterocycles. The Kier molecular flexibility index (Phi) is 6.77. The Morgan fingerprint density at radius 3 is 2.03 bits per heavy atom. The number of benzene rings is 3. The van der Waals surface area contributed by atoms with Crippen molar-refractivity contribution in [3.63, 3.8) is 0 Å². The Morgan fingerprint density at radius 1 is 0.882 bits per heavy atom. The number of rotatable bonds is 7. The molecule has 34 heavy (non-hydrogen) atoms. The molecule has 0 spiro atoms. The highest BCUT2D eigenvalue weighted by Crippen LogP contribution is 2.25. The summed E-state index contributed by atoms with van der Waals surface area (Å²) in [7, 11) is 0. The zero-order valence-corrected chi connectivity index (χ0v) is 19.0. The fourth-order valence-electron chi connectivity index (χ4n) is 4.48. The second-order valence-corrected chi connectivity index (χ2v) is 8.69.